The monoisotopic (exact) mass is 510 g/mol. The molecule has 0 aliphatic heterocycles. The zero-order valence-electron chi connectivity index (χ0n) is 20.2. The van der Waals surface area contributed by atoms with E-state index in [4.69, 9.17) is 10.7 Å². The number of primary amides is 1. The number of non-ortho nitro benzene ring substituents is 1. The number of carboxylic acid groups (broad SMARTS) is 1. The number of nitrogens with zero attached hydrogens (tertiary/aromatic N) is 3. The Balaban J connectivity index is 1.73. The fraction of sp³-hybridized carbons (Fsp3) is 0.423. The molecule has 1 aromatic carbocycles. The van der Waals surface area contributed by atoms with Crippen molar-refractivity contribution in [1.82, 2.24) is 9.55 Å². The van der Waals surface area contributed by atoms with E-state index in [-0.39, 0.29) is 29.6 Å². The fourth-order valence-electron chi connectivity index (χ4n) is 5.22. The van der Waals surface area contributed by atoms with Gasteiger partial charge in [0.1, 0.15) is 5.01 Å². The lowest BCUT2D eigenvalue weighted by atomic mass is 9.83. The summed E-state index contributed by atoms with van der Waals surface area (Å²) in [6.07, 6.45) is 7.50. The smallest absolute Gasteiger partial charge is 0.337 e. The van der Waals surface area contributed by atoms with Crippen LogP contribution in [-0.4, -0.2) is 31.5 Å². The Morgan fingerprint density at radius 2 is 1.94 bits per heavy atom. The molecule has 0 saturated heterocycles. The van der Waals surface area contributed by atoms with Crippen molar-refractivity contribution >= 4 is 28.9 Å². The number of aromatic nitrogens is 2. The van der Waals surface area contributed by atoms with Crippen LogP contribution in [0, 0.1) is 23.0 Å². The summed E-state index contributed by atoms with van der Waals surface area (Å²) < 4.78 is 2.04. The number of nitro groups is 1. The number of hydrogen-bond acceptors (Lipinski definition) is 6. The Morgan fingerprint density at radius 1 is 1.25 bits per heavy atom. The number of amides is 1. The van der Waals surface area contributed by atoms with E-state index in [9.17, 15) is 24.8 Å². The molecule has 36 heavy (non-hydrogen) atoms. The number of carboxylic acids is 1. The van der Waals surface area contributed by atoms with Crippen LogP contribution in [0.3, 0.4) is 0 Å². The molecule has 4 rings (SSSR count). The van der Waals surface area contributed by atoms with Crippen molar-refractivity contribution in [3.8, 4) is 22.0 Å². The molecule has 0 spiro atoms. The van der Waals surface area contributed by atoms with Crippen molar-refractivity contribution < 1.29 is 19.6 Å². The molecule has 1 aliphatic carbocycles. The molecule has 10 heteroatoms. The van der Waals surface area contributed by atoms with Crippen LogP contribution in [0.4, 0.5) is 5.69 Å². The van der Waals surface area contributed by atoms with Gasteiger partial charge in [-0.05, 0) is 43.9 Å². The van der Waals surface area contributed by atoms with E-state index in [1.807, 2.05) is 9.95 Å². The first kappa shape index (κ1) is 25.6. The zero-order chi connectivity index (χ0) is 25.8. The summed E-state index contributed by atoms with van der Waals surface area (Å²) in [6.45, 7) is 1.80. The van der Waals surface area contributed by atoms with Gasteiger partial charge in [-0.15, -0.1) is 11.3 Å². The average molecular weight is 511 g/mol. The van der Waals surface area contributed by atoms with E-state index in [1.165, 1.54) is 42.7 Å². The van der Waals surface area contributed by atoms with Crippen LogP contribution in [-0.2, 0) is 4.79 Å². The minimum Gasteiger partial charge on any atom is -0.478 e. The highest BCUT2D eigenvalue weighted by Gasteiger charge is 2.27. The Hall–Kier alpha value is -3.53. The van der Waals surface area contributed by atoms with Gasteiger partial charge in [0.05, 0.1) is 21.9 Å². The van der Waals surface area contributed by atoms with Crippen LogP contribution < -0.4 is 5.73 Å². The predicted octanol–water partition coefficient (Wildman–Crippen LogP) is 5.97. The number of hydrogen-bond donors (Lipinski definition) is 2. The van der Waals surface area contributed by atoms with Gasteiger partial charge >= 0.3 is 5.97 Å². The number of carbonyl (C=O) groups is 2. The van der Waals surface area contributed by atoms with E-state index < -0.39 is 10.9 Å². The summed E-state index contributed by atoms with van der Waals surface area (Å²) in [6, 6.07) is 7.78. The fourth-order valence-corrected chi connectivity index (χ4v) is 6.04. The van der Waals surface area contributed by atoms with Gasteiger partial charge < -0.3 is 15.4 Å². The number of carbonyl (C=O) groups excluding carboxylic acids is 1. The summed E-state index contributed by atoms with van der Waals surface area (Å²) in [4.78, 5) is 39.0. The SMILES string of the molecule is Cc1c(C(=O)O)cc(-c2csc(-c3ccc([N+](=O)[O-])cc3)n2)n1C(CCC(N)=O)CC1CCCCC1. The number of nitro benzene ring substituents is 1. The van der Waals surface area contributed by atoms with Gasteiger partial charge in [0.25, 0.3) is 5.69 Å². The summed E-state index contributed by atoms with van der Waals surface area (Å²) in [5.41, 5.74) is 8.42. The van der Waals surface area contributed by atoms with Gasteiger partial charge in [0.15, 0.2) is 0 Å². The third-order valence-corrected chi connectivity index (χ3v) is 7.92. The highest BCUT2D eigenvalue weighted by Crippen LogP contribution is 2.39. The van der Waals surface area contributed by atoms with Crippen molar-refractivity contribution in [3.63, 3.8) is 0 Å². The molecule has 2 heterocycles. The third kappa shape index (κ3) is 5.64. The first-order valence-corrected chi connectivity index (χ1v) is 13.1. The molecule has 0 radical (unpaired) electrons. The normalized spacial score (nSPS) is 15.0. The second-order valence-electron chi connectivity index (χ2n) is 9.44. The molecule has 1 unspecified atom stereocenters. The summed E-state index contributed by atoms with van der Waals surface area (Å²) in [7, 11) is 0. The molecule has 1 amide bonds. The Kier molecular flexibility index (Phi) is 7.83. The molecule has 1 atom stereocenters. The van der Waals surface area contributed by atoms with Crippen LogP contribution in [0.25, 0.3) is 22.0 Å². The molecular weight excluding hydrogens is 480 g/mol. The molecule has 1 fully saturated rings. The maximum Gasteiger partial charge on any atom is 0.337 e. The Bertz CT molecular complexity index is 1260. The van der Waals surface area contributed by atoms with Gasteiger partial charge in [-0.1, -0.05) is 32.1 Å². The molecule has 0 bridgehead atoms. The van der Waals surface area contributed by atoms with E-state index in [2.05, 4.69) is 0 Å². The van der Waals surface area contributed by atoms with Crippen molar-refractivity contribution in [1.29, 1.82) is 0 Å². The van der Waals surface area contributed by atoms with Crippen molar-refractivity contribution in [3.05, 3.63) is 57.1 Å². The zero-order valence-corrected chi connectivity index (χ0v) is 21.0. The molecule has 1 saturated carbocycles. The van der Waals surface area contributed by atoms with E-state index >= 15 is 0 Å². The summed E-state index contributed by atoms with van der Waals surface area (Å²) >= 11 is 1.39. The van der Waals surface area contributed by atoms with E-state index in [0.29, 0.717) is 34.4 Å². The maximum absolute atomic E-state index is 12.1. The van der Waals surface area contributed by atoms with Crippen molar-refractivity contribution in [2.45, 2.75) is 64.3 Å². The average Bonchev–Trinajstić information content (AvgIpc) is 3.47. The number of nitrogens with two attached hydrogens (primary N) is 1. The molecule has 1 aliphatic rings. The summed E-state index contributed by atoms with van der Waals surface area (Å²) in [5, 5.41) is 23.4. The maximum atomic E-state index is 12.1. The van der Waals surface area contributed by atoms with Crippen LogP contribution in [0.2, 0.25) is 0 Å². The molecule has 9 nitrogen and oxygen atoms in total. The quantitative estimate of drug-likeness (QED) is 0.254. The van der Waals surface area contributed by atoms with Crippen LogP contribution in [0.15, 0.2) is 35.7 Å². The Labute approximate surface area is 213 Å². The van der Waals surface area contributed by atoms with Gasteiger partial charge in [-0.2, -0.15) is 0 Å². The van der Waals surface area contributed by atoms with Crippen LogP contribution >= 0.6 is 11.3 Å². The number of benzene rings is 1. The molecule has 2 aromatic heterocycles. The highest BCUT2D eigenvalue weighted by atomic mass is 32.1. The number of aromatic carboxylic acids is 1. The topological polar surface area (TPSA) is 141 Å². The minimum absolute atomic E-state index is 0.00568. The molecule has 190 valence electrons. The first-order valence-electron chi connectivity index (χ1n) is 12.2. The molecule has 3 N–H and O–H groups in total. The minimum atomic E-state index is -1.01. The molecular formula is C26H30N4O5S. The van der Waals surface area contributed by atoms with Crippen LogP contribution in [0.5, 0.6) is 0 Å². The van der Waals surface area contributed by atoms with Gasteiger partial charge in [0, 0.05) is 41.2 Å². The number of thiazole rings is 1. The number of rotatable bonds is 10. The summed E-state index contributed by atoms with van der Waals surface area (Å²) in [5.74, 6) is -0.863. The van der Waals surface area contributed by atoms with Gasteiger partial charge in [-0.25, -0.2) is 9.78 Å². The van der Waals surface area contributed by atoms with Crippen molar-refractivity contribution in [2.24, 2.45) is 11.7 Å². The van der Waals surface area contributed by atoms with E-state index in [1.54, 1.807) is 25.1 Å². The second kappa shape index (κ2) is 11.0. The Morgan fingerprint density at radius 3 is 2.56 bits per heavy atom. The van der Waals surface area contributed by atoms with Gasteiger partial charge in [-0.3, -0.25) is 14.9 Å². The van der Waals surface area contributed by atoms with E-state index in [0.717, 1.165) is 24.8 Å². The van der Waals surface area contributed by atoms with Gasteiger partial charge in [0.2, 0.25) is 5.91 Å². The highest BCUT2D eigenvalue weighted by molar-refractivity contribution is 7.13. The van der Waals surface area contributed by atoms with Crippen molar-refractivity contribution in [2.75, 3.05) is 0 Å². The van der Waals surface area contributed by atoms with Crippen LogP contribution in [0.1, 0.15) is 73.5 Å². The lowest BCUT2D eigenvalue weighted by molar-refractivity contribution is -0.384. The third-order valence-electron chi connectivity index (χ3n) is 7.03. The second-order valence-corrected chi connectivity index (χ2v) is 10.3. The largest absolute Gasteiger partial charge is 0.478 e. The lowest BCUT2D eigenvalue weighted by Crippen LogP contribution is -2.21. The standard InChI is InChI=1S/C26H30N4O5S/c1-16-21(26(32)33)14-23(22-15-36-25(28-22)18-7-9-19(10-8-18)30(34)35)29(16)20(11-12-24(27)31)13-17-5-3-2-4-6-17/h7-10,14-15,17,20H,2-6,11-13H2,1H3,(H2,27,31)(H,32,33). The lowest BCUT2D eigenvalue weighted by Gasteiger charge is -2.29. The first-order chi connectivity index (χ1) is 17.2. The molecule has 3 aromatic rings. The predicted molar refractivity (Wildman–Crippen MR) is 138 cm³/mol.